The van der Waals surface area contributed by atoms with Gasteiger partial charge in [-0.05, 0) is 48.6 Å². The van der Waals surface area contributed by atoms with Gasteiger partial charge in [0.1, 0.15) is 0 Å². The molecule has 0 spiro atoms. The first-order valence-corrected chi connectivity index (χ1v) is 14.8. The number of carbonyl (C=O) groups excluding carboxylic acids is 4. The molecule has 6 rings (SSSR count). The number of allylic oxidation sites excluding steroid dienone is 2. The molecule has 1 N–H and O–H groups in total. The van der Waals surface area contributed by atoms with Gasteiger partial charge in [-0.25, -0.2) is 0 Å². The lowest BCUT2D eigenvalue weighted by Crippen LogP contribution is -2.60. The van der Waals surface area contributed by atoms with E-state index in [1.54, 1.807) is 30.3 Å². The van der Waals surface area contributed by atoms with E-state index < -0.39 is 51.1 Å². The zero-order chi connectivity index (χ0) is 29.4. The number of hydrogen-bond donors (Lipinski definition) is 1. The fraction of sp³-hybridized carbons (Fsp3) is 0.379. The number of phenols is 1. The summed E-state index contributed by atoms with van der Waals surface area (Å²) in [4.78, 5) is 53.5. The van der Waals surface area contributed by atoms with E-state index in [9.17, 15) is 24.3 Å². The maximum Gasteiger partial charge on any atom is 0.254 e. The largest absolute Gasteiger partial charge is 0.502 e. The molecule has 4 aliphatic rings. The topological polar surface area (TPSA) is 113 Å². The normalized spacial score (nSPS) is 32.5. The molecule has 2 saturated heterocycles. The van der Waals surface area contributed by atoms with Crippen molar-refractivity contribution in [2.24, 2.45) is 17.8 Å². The van der Waals surface area contributed by atoms with Gasteiger partial charge in [0.15, 0.2) is 21.2 Å². The van der Waals surface area contributed by atoms with Gasteiger partial charge in [-0.3, -0.25) is 29.0 Å². The minimum absolute atomic E-state index is 0.0627. The third-order valence-corrected chi connectivity index (χ3v) is 10.8. The van der Waals surface area contributed by atoms with Crippen molar-refractivity contribution in [2.75, 3.05) is 24.6 Å². The second-order valence-electron chi connectivity index (χ2n) is 10.6. The van der Waals surface area contributed by atoms with Crippen molar-refractivity contribution in [3.8, 4) is 17.2 Å². The third kappa shape index (κ3) is 3.59. The fourth-order valence-corrected chi connectivity index (χ4v) is 8.46. The summed E-state index contributed by atoms with van der Waals surface area (Å²) in [5, 5.41) is 10.6. The van der Waals surface area contributed by atoms with E-state index in [-0.39, 0.29) is 41.5 Å². The molecule has 0 radical (unpaired) electrons. The minimum atomic E-state index is -1.98. The molecular formula is C29H25BrCl2N2O7. The van der Waals surface area contributed by atoms with E-state index in [0.29, 0.717) is 16.8 Å². The number of alkyl halides is 3. The first-order chi connectivity index (χ1) is 19.5. The summed E-state index contributed by atoms with van der Waals surface area (Å²) < 4.78 is 10.8. The standard InChI is InChI=1S/C29H25BrCl2N2O7/c1-40-19-10-14(11-20(41-2)23(19)35)22-16-8-9-17-21(25(37)34(24(17)36)15-6-4-3-5-7-15)18(16)12-28(31)26(38)33(13-30)27(39)29(22,28)32/h3-8,10-11,17-18,21-22,35H,9,12-13H2,1-2H3. The summed E-state index contributed by atoms with van der Waals surface area (Å²) in [6.45, 7) is 0. The maximum absolute atomic E-state index is 14.0. The number of likely N-dealkylation sites (tertiary alicyclic amines) is 1. The van der Waals surface area contributed by atoms with Crippen LogP contribution in [0.3, 0.4) is 0 Å². The van der Waals surface area contributed by atoms with Gasteiger partial charge in [-0.15, -0.1) is 23.2 Å². The highest BCUT2D eigenvalue weighted by molar-refractivity contribution is 9.09. The molecular weight excluding hydrogens is 639 g/mol. The number of benzene rings is 2. The lowest BCUT2D eigenvalue weighted by molar-refractivity contribution is -0.138. The predicted octanol–water partition coefficient (Wildman–Crippen LogP) is 4.33. The van der Waals surface area contributed by atoms with Gasteiger partial charge in [-0.2, -0.15) is 0 Å². The van der Waals surface area contributed by atoms with Gasteiger partial charge in [0.25, 0.3) is 11.8 Å². The zero-order valence-corrected chi connectivity index (χ0v) is 25.1. The highest BCUT2D eigenvalue weighted by Gasteiger charge is 2.76. The summed E-state index contributed by atoms with van der Waals surface area (Å²) in [7, 11) is 2.74. The average molecular weight is 664 g/mol. The number of rotatable bonds is 5. The summed E-state index contributed by atoms with van der Waals surface area (Å²) >= 11 is 17.7. The van der Waals surface area contributed by atoms with Crippen molar-refractivity contribution in [1.29, 1.82) is 0 Å². The number of halogens is 3. The SMILES string of the molecule is COc1cc(C2C3=CCC4C(=O)N(c5ccccc5)C(=O)C4C3CC3(Cl)C(=O)N(CBr)C(=O)C23Cl)cc(OC)c1O. The van der Waals surface area contributed by atoms with Crippen LogP contribution in [0.4, 0.5) is 5.69 Å². The van der Waals surface area contributed by atoms with Crippen molar-refractivity contribution in [3.05, 3.63) is 59.7 Å². The van der Waals surface area contributed by atoms with Crippen LogP contribution >= 0.6 is 39.1 Å². The number of imide groups is 2. The van der Waals surface area contributed by atoms with Crippen LogP contribution in [0.5, 0.6) is 17.2 Å². The maximum atomic E-state index is 14.0. The number of fused-ring (bicyclic) bond motifs is 4. The van der Waals surface area contributed by atoms with Crippen LogP contribution in [-0.4, -0.2) is 63.1 Å². The number of methoxy groups -OCH3 is 2. The third-order valence-electron chi connectivity index (χ3n) is 8.86. The Bertz CT molecular complexity index is 1510. The summed E-state index contributed by atoms with van der Waals surface area (Å²) in [5.41, 5.74) is 1.36. The average Bonchev–Trinajstić information content (AvgIpc) is 3.31. The van der Waals surface area contributed by atoms with Crippen LogP contribution in [-0.2, 0) is 19.2 Å². The molecule has 6 unspecified atom stereocenters. The molecule has 6 atom stereocenters. The number of carbonyl (C=O) groups is 4. The van der Waals surface area contributed by atoms with E-state index in [1.165, 1.54) is 31.3 Å². The number of ether oxygens (including phenoxy) is 2. The van der Waals surface area contributed by atoms with Gasteiger partial charge in [-0.1, -0.05) is 45.8 Å². The summed E-state index contributed by atoms with van der Waals surface area (Å²) in [6.07, 6.45) is 1.96. The molecule has 2 aromatic carbocycles. The lowest BCUT2D eigenvalue weighted by atomic mass is 9.56. The van der Waals surface area contributed by atoms with Gasteiger partial charge >= 0.3 is 0 Å². The van der Waals surface area contributed by atoms with E-state index in [0.717, 1.165) is 4.90 Å². The van der Waals surface area contributed by atoms with Gasteiger partial charge < -0.3 is 14.6 Å². The molecule has 2 aliphatic carbocycles. The van der Waals surface area contributed by atoms with Crippen LogP contribution in [0.1, 0.15) is 24.3 Å². The molecule has 4 amide bonds. The Hall–Kier alpha value is -3.08. The van der Waals surface area contributed by atoms with Gasteiger partial charge in [0.05, 0.1) is 37.2 Å². The number of aromatic hydroxyl groups is 1. The van der Waals surface area contributed by atoms with Crippen molar-refractivity contribution in [2.45, 2.75) is 28.5 Å². The fourth-order valence-electron chi connectivity index (χ4n) is 7.04. The Kier molecular flexibility index (Phi) is 6.67. The quantitative estimate of drug-likeness (QED) is 0.219. The highest BCUT2D eigenvalue weighted by Crippen LogP contribution is 2.66. The monoisotopic (exact) mass is 662 g/mol. The number of para-hydroxylation sites is 1. The van der Waals surface area contributed by atoms with E-state index in [4.69, 9.17) is 32.7 Å². The summed E-state index contributed by atoms with van der Waals surface area (Å²) in [5.74, 6) is -5.38. The molecule has 214 valence electrons. The molecule has 41 heavy (non-hydrogen) atoms. The second kappa shape index (κ2) is 9.74. The Labute approximate surface area is 254 Å². The van der Waals surface area contributed by atoms with Gasteiger partial charge in [0, 0.05) is 5.92 Å². The lowest BCUT2D eigenvalue weighted by Gasteiger charge is -2.50. The van der Waals surface area contributed by atoms with E-state index in [2.05, 4.69) is 15.9 Å². The van der Waals surface area contributed by atoms with Crippen molar-refractivity contribution in [3.63, 3.8) is 0 Å². The zero-order valence-electron chi connectivity index (χ0n) is 22.0. The number of anilines is 1. The van der Waals surface area contributed by atoms with Crippen LogP contribution in [0.25, 0.3) is 0 Å². The molecule has 12 heteroatoms. The van der Waals surface area contributed by atoms with E-state index >= 15 is 0 Å². The Morgan fingerprint density at radius 1 is 0.976 bits per heavy atom. The first-order valence-electron chi connectivity index (χ1n) is 12.9. The number of hydrogen-bond acceptors (Lipinski definition) is 7. The molecule has 9 nitrogen and oxygen atoms in total. The number of amides is 4. The Morgan fingerprint density at radius 3 is 2.20 bits per heavy atom. The molecule has 2 heterocycles. The van der Waals surface area contributed by atoms with Crippen LogP contribution in [0.15, 0.2) is 54.1 Å². The molecule has 2 aromatic rings. The van der Waals surface area contributed by atoms with Crippen LogP contribution in [0, 0.1) is 17.8 Å². The molecule has 0 aromatic heterocycles. The number of phenolic OH excluding ortho intramolecular Hbond substituents is 1. The number of nitrogens with zero attached hydrogens (tertiary/aromatic N) is 2. The first kappa shape index (κ1) is 28.1. The Morgan fingerprint density at radius 2 is 1.61 bits per heavy atom. The van der Waals surface area contributed by atoms with Crippen molar-refractivity contribution in [1.82, 2.24) is 4.90 Å². The Balaban J connectivity index is 1.56. The molecule has 3 fully saturated rings. The molecule has 1 saturated carbocycles. The van der Waals surface area contributed by atoms with Crippen LogP contribution in [0.2, 0.25) is 0 Å². The summed E-state index contributed by atoms with van der Waals surface area (Å²) in [6, 6.07) is 11.7. The van der Waals surface area contributed by atoms with Crippen LogP contribution < -0.4 is 14.4 Å². The van der Waals surface area contributed by atoms with Crippen molar-refractivity contribution < 1.29 is 33.8 Å². The van der Waals surface area contributed by atoms with Crippen molar-refractivity contribution >= 4 is 68.4 Å². The smallest absolute Gasteiger partial charge is 0.254 e. The van der Waals surface area contributed by atoms with Gasteiger partial charge in [0.2, 0.25) is 17.6 Å². The highest BCUT2D eigenvalue weighted by atomic mass is 79.9. The second-order valence-corrected chi connectivity index (χ2v) is 12.4. The minimum Gasteiger partial charge on any atom is -0.502 e. The molecule has 2 aliphatic heterocycles. The molecule has 0 bridgehead atoms. The van der Waals surface area contributed by atoms with E-state index in [1.807, 2.05) is 6.08 Å². The predicted molar refractivity (Wildman–Crippen MR) is 153 cm³/mol.